The number of amides is 1. The van der Waals surface area contributed by atoms with Crippen molar-refractivity contribution in [2.24, 2.45) is 11.3 Å². The van der Waals surface area contributed by atoms with Gasteiger partial charge in [0.2, 0.25) is 5.91 Å². The Kier molecular flexibility index (Phi) is 5.19. The van der Waals surface area contributed by atoms with E-state index in [4.69, 9.17) is 0 Å². The monoisotopic (exact) mass is 384 g/mol. The number of nitrogens with zero attached hydrogens (tertiary/aromatic N) is 4. The van der Waals surface area contributed by atoms with Crippen molar-refractivity contribution in [1.82, 2.24) is 14.8 Å². The van der Waals surface area contributed by atoms with Crippen molar-refractivity contribution < 1.29 is 4.79 Å². The van der Waals surface area contributed by atoms with E-state index in [1.54, 1.807) is 16.2 Å². The first kappa shape index (κ1) is 18.4. The molecule has 2 saturated heterocycles. The van der Waals surface area contributed by atoms with Crippen LogP contribution in [-0.4, -0.2) is 61.0 Å². The number of anilines is 1. The largest absolute Gasteiger partial charge is 0.355 e. The summed E-state index contributed by atoms with van der Waals surface area (Å²) in [4.78, 5) is 24.5. The Balaban J connectivity index is 1.60. The highest BCUT2D eigenvalue weighted by Crippen LogP contribution is 2.45. The molecule has 2 aliphatic rings. The fraction of sp³-hybridized carbons (Fsp3) is 0.524. The second-order valence-electron chi connectivity index (χ2n) is 8.09. The van der Waals surface area contributed by atoms with Crippen molar-refractivity contribution in [3.8, 4) is 0 Å². The van der Waals surface area contributed by atoms with E-state index in [2.05, 4.69) is 37.7 Å². The van der Waals surface area contributed by atoms with Gasteiger partial charge in [-0.25, -0.2) is 4.98 Å². The SMILES string of the molecule is CN(C)C(=O)[C@]12CCCN(Cc3ccsc3)C[C@H]1CN(c1ccccn1)C2. The molecule has 0 saturated carbocycles. The molecule has 4 heterocycles. The first-order valence-corrected chi connectivity index (χ1v) is 10.6. The molecule has 2 fully saturated rings. The number of hydrogen-bond acceptors (Lipinski definition) is 5. The third kappa shape index (κ3) is 3.60. The zero-order valence-corrected chi connectivity index (χ0v) is 17.0. The first-order valence-electron chi connectivity index (χ1n) is 9.70. The predicted molar refractivity (Wildman–Crippen MR) is 110 cm³/mol. The predicted octanol–water partition coefficient (Wildman–Crippen LogP) is 2.95. The lowest BCUT2D eigenvalue weighted by molar-refractivity contribution is -0.141. The van der Waals surface area contributed by atoms with Crippen molar-refractivity contribution in [2.75, 3.05) is 45.2 Å². The maximum atomic E-state index is 13.3. The molecule has 2 atom stereocenters. The van der Waals surface area contributed by atoms with E-state index < -0.39 is 0 Å². The zero-order chi connectivity index (χ0) is 18.9. The van der Waals surface area contributed by atoms with Gasteiger partial charge in [0.15, 0.2) is 0 Å². The highest BCUT2D eigenvalue weighted by Gasteiger charge is 2.53. The molecule has 27 heavy (non-hydrogen) atoms. The second-order valence-corrected chi connectivity index (χ2v) is 8.87. The Hall–Kier alpha value is -1.92. The Morgan fingerprint density at radius 1 is 1.33 bits per heavy atom. The number of likely N-dealkylation sites (tertiary alicyclic amines) is 1. The summed E-state index contributed by atoms with van der Waals surface area (Å²) in [6.07, 6.45) is 3.86. The van der Waals surface area contributed by atoms with Crippen LogP contribution in [0.5, 0.6) is 0 Å². The summed E-state index contributed by atoms with van der Waals surface area (Å²) in [5, 5.41) is 4.38. The van der Waals surface area contributed by atoms with Crippen LogP contribution in [0.25, 0.3) is 0 Å². The summed E-state index contributed by atoms with van der Waals surface area (Å²) in [6, 6.07) is 8.24. The van der Waals surface area contributed by atoms with Crippen LogP contribution in [0.2, 0.25) is 0 Å². The van der Waals surface area contributed by atoms with E-state index in [1.807, 2.05) is 32.4 Å². The minimum absolute atomic E-state index is 0.281. The smallest absolute Gasteiger partial charge is 0.230 e. The molecular weight excluding hydrogens is 356 g/mol. The molecule has 6 heteroatoms. The van der Waals surface area contributed by atoms with Crippen molar-refractivity contribution in [3.05, 3.63) is 46.8 Å². The minimum atomic E-state index is -0.301. The van der Waals surface area contributed by atoms with Crippen LogP contribution in [0, 0.1) is 11.3 Å². The molecule has 0 unspecified atom stereocenters. The van der Waals surface area contributed by atoms with Crippen molar-refractivity contribution in [2.45, 2.75) is 19.4 Å². The van der Waals surface area contributed by atoms with E-state index >= 15 is 0 Å². The summed E-state index contributed by atoms with van der Waals surface area (Å²) >= 11 is 1.75. The lowest BCUT2D eigenvalue weighted by Gasteiger charge is -2.34. The Morgan fingerprint density at radius 2 is 2.22 bits per heavy atom. The normalized spacial score (nSPS) is 25.9. The van der Waals surface area contributed by atoms with Gasteiger partial charge < -0.3 is 9.80 Å². The zero-order valence-electron chi connectivity index (χ0n) is 16.2. The molecule has 0 aromatic carbocycles. The molecule has 0 spiro atoms. The lowest BCUT2D eigenvalue weighted by atomic mass is 9.74. The van der Waals surface area contributed by atoms with Gasteiger partial charge in [-0.3, -0.25) is 9.69 Å². The maximum absolute atomic E-state index is 13.3. The van der Waals surface area contributed by atoms with Crippen LogP contribution in [0.15, 0.2) is 41.2 Å². The second kappa shape index (κ2) is 7.60. The third-order valence-corrected chi connectivity index (χ3v) is 6.79. The quantitative estimate of drug-likeness (QED) is 0.813. The van der Waals surface area contributed by atoms with E-state index in [0.717, 1.165) is 51.4 Å². The number of carbonyl (C=O) groups excluding carboxylic acids is 1. The molecular formula is C21H28N4OS. The molecule has 0 bridgehead atoms. The summed E-state index contributed by atoms with van der Waals surface area (Å²) < 4.78 is 0. The highest BCUT2D eigenvalue weighted by atomic mass is 32.1. The Labute approximate surface area is 165 Å². The minimum Gasteiger partial charge on any atom is -0.355 e. The molecule has 1 amide bonds. The van der Waals surface area contributed by atoms with Gasteiger partial charge in [-0.15, -0.1) is 0 Å². The first-order chi connectivity index (χ1) is 13.1. The van der Waals surface area contributed by atoms with Crippen LogP contribution in [0.4, 0.5) is 5.82 Å². The Bertz CT molecular complexity index is 764. The molecule has 144 valence electrons. The highest BCUT2D eigenvalue weighted by molar-refractivity contribution is 7.07. The van der Waals surface area contributed by atoms with E-state index in [-0.39, 0.29) is 11.3 Å². The number of pyridine rings is 1. The van der Waals surface area contributed by atoms with Gasteiger partial charge in [0.1, 0.15) is 5.82 Å². The topological polar surface area (TPSA) is 39.7 Å². The number of rotatable bonds is 4. The Morgan fingerprint density at radius 3 is 2.93 bits per heavy atom. The van der Waals surface area contributed by atoms with E-state index in [0.29, 0.717) is 5.92 Å². The molecule has 0 radical (unpaired) electrons. The average molecular weight is 385 g/mol. The van der Waals surface area contributed by atoms with Crippen LogP contribution in [-0.2, 0) is 11.3 Å². The number of hydrogen-bond donors (Lipinski definition) is 0. The third-order valence-electron chi connectivity index (χ3n) is 6.06. The van der Waals surface area contributed by atoms with Crippen molar-refractivity contribution >= 4 is 23.1 Å². The summed E-state index contributed by atoms with van der Waals surface area (Å²) in [7, 11) is 3.79. The molecule has 4 rings (SSSR count). The maximum Gasteiger partial charge on any atom is 0.230 e. The van der Waals surface area contributed by atoms with Crippen molar-refractivity contribution in [3.63, 3.8) is 0 Å². The van der Waals surface area contributed by atoms with Crippen LogP contribution in [0.1, 0.15) is 18.4 Å². The van der Waals surface area contributed by atoms with Crippen LogP contribution in [0.3, 0.4) is 0 Å². The molecule has 0 aliphatic carbocycles. The van der Waals surface area contributed by atoms with Gasteiger partial charge >= 0.3 is 0 Å². The van der Waals surface area contributed by atoms with E-state index in [9.17, 15) is 4.79 Å². The van der Waals surface area contributed by atoms with Gasteiger partial charge in [-0.2, -0.15) is 11.3 Å². The molecule has 5 nitrogen and oxygen atoms in total. The lowest BCUT2D eigenvalue weighted by Crippen LogP contribution is -2.47. The molecule has 2 aliphatic heterocycles. The van der Waals surface area contributed by atoms with Crippen molar-refractivity contribution in [1.29, 1.82) is 0 Å². The summed E-state index contributed by atoms with van der Waals surface area (Å²) in [6.45, 7) is 4.70. The standard InChI is InChI=1S/C21H28N4OS/c1-23(2)20(26)21-8-5-10-24(12-17-7-11-27-15-17)13-18(21)14-25(16-21)19-6-3-4-9-22-19/h3-4,6-7,9,11,15,18H,5,8,10,12-14,16H2,1-2H3/t18-,21-/m0/s1. The summed E-state index contributed by atoms with van der Waals surface area (Å²) in [5.41, 5.74) is 1.08. The van der Waals surface area contributed by atoms with Gasteiger partial charge in [-0.1, -0.05) is 6.07 Å². The number of fused-ring (bicyclic) bond motifs is 1. The van der Waals surface area contributed by atoms with E-state index in [1.165, 1.54) is 5.56 Å². The van der Waals surface area contributed by atoms with Gasteiger partial charge in [0.25, 0.3) is 0 Å². The average Bonchev–Trinajstić information content (AvgIpc) is 3.27. The van der Waals surface area contributed by atoms with Gasteiger partial charge in [-0.05, 0) is 53.9 Å². The summed E-state index contributed by atoms with van der Waals surface area (Å²) in [5.74, 6) is 1.60. The number of carbonyl (C=O) groups is 1. The van der Waals surface area contributed by atoms with Crippen LogP contribution < -0.4 is 4.90 Å². The van der Waals surface area contributed by atoms with Gasteiger partial charge in [0, 0.05) is 52.4 Å². The number of aromatic nitrogens is 1. The molecule has 2 aromatic rings. The van der Waals surface area contributed by atoms with Crippen LogP contribution >= 0.6 is 11.3 Å². The molecule has 2 aromatic heterocycles. The molecule has 0 N–H and O–H groups in total. The fourth-order valence-electron chi connectivity index (χ4n) is 4.81. The number of thiophene rings is 1. The fourth-order valence-corrected chi connectivity index (χ4v) is 5.47. The van der Waals surface area contributed by atoms with Gasteiger partial charge in [0.05, 0.1) is 5.41 Å².